The molecule has 1 amide bonds. The van der Waals surface area contributed by atoms with E-state index in [0.29, 0.717) is 10.7 Å². The molecule has 1 aliphatic heterocycles. The molecule has 1 N–H and O–H groups in total. The molecule has 1 aliphatic rings. The fraction of sp³-hybridized carbons (Fsp3) is 0.273. The smallest absolute Gasteiger partial charge is 0.308 e. The van der Waals surface area contributed by atoms with Crippen molar-refractivity contribution in [2.75, 3.05) is 11.4 Å². The fourth-order valence-corrected chi connectivity index (χ4v) is 2.20. The van der Waals surface area contributed by atoms with Crippen molar-refractivity contribution in [1.82, 2.24) is 0 Å². The van der Waals surface area contributed by atoms with E-state index < -0.39 is 11.9 Å². The summed E-state index contributed by atoms with van der Waals surface area (Å²) in [6.45, 7) is 0.133. The first kappa shape index (κ1) is 12.2. The minimum absolute atomic E-state index is 0.00181. The third-order valence-corrected chi connectivity index (χ3v) is 3.51. The normalized spacial score (nSPS) is 19.8. The van der Waals surface area contributed by atoms with Gasteiger partial charge in [-0.05, 0) is 12.1 Å². The van der Waals surface area contributed by atoms with Gasteiger partial charge in [-0.1, -0.05) is 29.3 Å². The second kappa shape index (κ2) is 4.55. The van der Waals surface area contributed by atoms with E-state index in [1.165, 1.54) is 4.90 Å². The van der Waals surface area contributed by atoms with Gasteiger partial charge in [-0.25, -0.2) is 0 Å². The van der Waals surface area contributed by atoms with Gasteiger partial charge in [0.05, 0.1) is 21.7 Å². The van der Waals surface area contributed by atoms with E-state index in [0.717, 1.165) is 0 Å². The second-order valence-electron chi connectivity index (χ2n) is 3.82. The maximum atomic E-state index is 11.7. The van der Waals surface area contributed by atoms with E-state index in [1.807, 2.05) is 0 Å². The molecule has 90 valence electrons. The van der Waals surface area contributed by atoms with E-state index in [9.17, 15) is 9.59 Å². The number of carbonyl (C=O) groups is 2. The third kappa shape index (κ3) is 2.23. The van der Waals surface area contributed by atoms with Crippen molar-refractivity contribution in [3.05, 3.63) is 28.2 Å². The minimum atomic E-state index is -0.973. The molecule has 2 rings (SSSR count). The van der Waals surface area contributed by atoms with Gasteiger partial charge < -0.3 is 10.0 Å². The highest BCUT2D eigenvalue weighted by molar-refractivity contribution is 6.44. The molecule has 1 saturated heterocycles. The summed E-state index contributed by atoms with van der Waals surface area (Å²) in [5.41, 5.74) is 0.466. The highest BCUT2D eigenvalue weighted by atomic mass is 35.5. The Balaban J connectivity index is 2.32. The molecule has 17 heavy (non-hydrogen) atoms. The van der Waals surface area contributed by atoms with Crippen LogP contribution < -0.4 is 4.90 Å². The third-order valence-electron chi connectivity index (χ3n) is 2.70. The van der Waals surface area contributed by atoms with Crippen LogP contribution in [0.15, 0.2) is 18.2 Å². The molecule has 1 atom stereocenters. The van der Waals surface area contributed by atoms with Gasteiger partial charge in [-0.2, -0.15) is 0 Å². The highest BCUT2D eigenvalue weighted by Gasteiger charge is 2.35. The van der Waals surface area contributed by atoms with Crippen molar-refractivity contribution in [3.8, 4) is 0 Å². The number of benzene rings is 1. The van der Waals surface area contributed by atoms with Crippen LogP contribution in [0.25, 0.3) is 0 Å². The molecular weight excluding hydrogens is 265 g/mol. The maximum absolute atomic E-state index is 11.7. The molecule has 1 unspecified atom stereocenters. The Hall–Kier alpha value is -1.26. The lowest BCUT2D eigenvalue weighted by Crippen LogP contribution is -2.26. The predicted octanol–water partition coefficient (Wildman–Crippen LogP) is 2.43. The van der Waals surface area contributed by atoms with Crippen molar-refractivity contribution in [2.24, 2.45) is 5.92 Å². The van der Waals surface area contributed by atoms with Crippen LogP contribution >= 0.6 is 23.2 Å². The number of aliphatic carboxylic acids is 1. The molecule has 0 aliphatic carbocycles. The number of carbonyl (C=O) groups excluding carboxylic acids is 1. The minimum Gasteiger partial charge on any atom is -0.481 e. The standard InChI is InChI=1S/C11H9Cl2NO3/c12-7-2-1-3-8(10(7)13)14-5-6(11(16)17)4-9(14)15/h1-3,6H,4-5H2,(H,16,17). The van der Waals surface area contributed by atoms with Crippen LogP contribution in [-0.4, -0.2) is 23.5 Å². The summed E-state index contributed by atoms with van der Waals surface area (Å²) < 4.78 is 0. The van der Waals surface area contributed by atoms with Crippen molar-refractivity contribution < 1.29 is 14.7 Å². The highest BCUT2D eigenvalue weighted by Crippen LogP contribution is 2.35. The van der Waals surface area contributed by atoms with Crippen LogP contribution in [0.2, 0.25) is 10.0 Å². The SMILES string of the molecule is O=C(O)C1CC(=O)N(c2cccc(Cl)c2Cl)C1. The molecule has 1 heterocycles. The summed E-state index contributed by atoms with van der Waals surface area (Å²) >= 11 is 11.8. The average Bonchev–Trinajstić information content (AvgIpc) is 2.65. The molecule has 4 nitrogen and oxygen atoms in total. The van der Waals surface area contributed by atoms with Crippen LogP contribution in [0.1, 0.15) is 6.42 Å². The van der Waals surface area contributed by atoms with Gasteiger partial charge >= 0.3 is 5.97 Å². The van der Waals surface area contributed by atoms with Crippen molar-refractivity contribution >= 4 is 40.8 Å². The number of rotatable bonds is 2. The Kier molecular flexibility index (Phi) is 3.26. The number of nitrogens with zero attached hydrogens (tertiary/aromatic N) is 1. The van der Waals surface area contributed by atoms with Gasteiger partial charge in [-0.15, -0.1) is 0 Å². The van der Waals surface area contributed by atoms with Crippen LogP contribution in [0.5, 0.6) is 0 Å². The Morgan fingerprint density at radius 1 is 1.41 bits per heavy atom. The van der Waals surface area contributed by atoms with E-state index >= 15 is 0 Å². The zero-order chi connectivity index (χ0) is 12.6. The van der Waals surface area contributed by atoms with Crippen molar-refractivity contribution in [2.45, 2.75) is 6.42 Å². The molecular formula is C11H9Cl2NO3. The van der Waals surface area contributed by atoms with Gasteiger partial charge in [-0.3, -0.25) is 9.59 Å². The van der Waals surface area contributed by atoms with E-state index in [2.05, 4.69) is 0 Å². The van der Waals surface area contributed by atoms with Gasteiger partial charge in [0, 0.05) is 13.0 Å². The van der Waals surface area contributed by atoms with Crippen molar-refractivity contribution in [3.63, 3.8) is 0 Å². The molecule has 6 heteroatoms. The first-order valence-corrected chi connectivity index (χ1v) is 5.73. The maximum Gasteiger partial charge on any atom is 0.308 e. The lowest BCUT2D eigenvalue weighted by atomic mass is 10.1. The molecule has 1 aromatic carbocycles. The van der Waals surface area contributed by atoms with E-state index in [-0.39, 0.29) is 23.9 Å². The number of amides is 1. The number of halogens is 2. The van der Waals surface area contributed by atoms with Gasteiger partial charge in [0.25, 0.3) is 0 Å². The Morgan fingerprint density at radius 2 is 2.12 bits per heavy atom. The second-order valence-corrected chi connectivity index (χ2v) is 4.60. The molecule has 1 aromatic rings. The molecule has 0 radical (unpaired) electrons. The van der Waals surface area contributed by atoms with Crippen LogP contribution in [0, 0.1) is 5.92 Å². The van der Waals surface area contributed by atoms with E-state index in [1.54, 1.807) is 18.2 Å². The Morgan fingerprint density at radius 3 is 2.71 bits per heavy atom. The molecule has 1 fully saturated rings. The zero-order valence-corrected chi connectivity index (χ0v) is 10.2. The van der Waals surface area contributed by atoms with Crippen LogP contribution in [0.3, 0.4) is 0 Å². The summed E-state index contributed by atoms with van der Waals surface area (Å²) in [6.07, 6.45) is -0.00181. The Labute approximate surface area is 108 Å². The molecule has 0 spiro atoms. The summed E-state index contributed by atoms with van der Waals surface area (Å²) in [5.74, 6) is -1.90. The lowest BCUT2D eigenvalue weighted by Gasteiger charge is -2.18. The first-order valence-electron chi connectivity index (χ1n) is 4.98. The molecule has 0 bridgehead atoms. The van der Waals surface area contributed by atoms with E-state index in [4.69, 9.17) is 28.3 Å². The van der Waals surface area contributed by atoms with Gasteiger partial charge in [0.1, 0.15) is 0 Å². The largest absolute Gasteiger partial charge is 0.481 e. The number of hydrogen-bond acceptors (Lipinski definition) is 2. The van der Waals surface area contributed by atoms with Crippen LogP contribution in [0.4, 0.5) is 5.69 Å². The average molecular weight is 274 g/mol. The van der Waals surface area contributed by atoms with Crippen molar-refractivity contribution in [1.29, 1.82) is 0 Å². The predicted molar refractivity (Wildman–Crippen MR) is 64.6 cm³/mol. The summed E-state index contributed by atoms with van der Waals surface area (Å²) in [4.78, 5) is 23.9. The number of carboxylic acids is 1. The summed E-state index contributed by atoms with van der Waals surface area (Å²) in [7, 11) is 0. The summed E-state index contributed by atoms with van der Waals surface area (Å²) in [6, 6.07) is 4.93. The Bertz CT molecular complexity index is 490. The number of hydrogen-bond donors (Lipinski definition) is 1. The fourth-order valence-electron chi connectivity index (χ4n) is 1.81. The van der Waals surface area contributed by atoms with Gasteiger partial charge in [0.2, 0.25) is 5.91 Å². The zero-order valence-electron chi connectivity index (χ0n) is 8.69. The number of anilines is 1. The number of carboxylic acid groups (broad SMARTS) is 1. The summed E-state index contributed by atoms with van der Waals surface area (Å²) in [5, 5.41) is 9.50. The lowest BCUT2D eigenvalue weighted by molar-refractivity contribution is -0.141. The first-order chi connectivity index (χ1) is 8.00. The topological polar surface area (TPSA) is 57.6 Å². The van der Waals surface area contributed by atoms with Crippen LogP contribution in [-0.2, 0) is 9.59 Å². The monoisotopic (exact) mass is 273 g/mol. The quantitative estimate of drug-likeness (QED) is 0.901. The molecule has 0 saturated carbocycles. The van der Waals surface area contributed by atoms with Gasteiger partial charge in [0.15, 0.2) is 0 Å². The molecule has 0 aromatic heterocycles.